The van der Waals surface area contributed by atoms with Crippen LogP contribution in [0.1, 0.15) is 21.3 Å². The Labute approximate surface area is 195 Å². The zero-order valence-electron chi connectivity index (χ0n) is 18.7. The lowest BCUT2D eigenvalue weighted by Crippen LogP contribution is -2.34. The van der Waals surface area contributed by atoms with Gasteiger partial charge < -0.3 is 24.8 Å². The van der Waals surface area contributed by atoms with Crippen LogP contribution in [-0.2, 0) is 9.47 Å². The van der Waals surface area contributed by atoms with Crippen molar-refractivity contribution in [1.29, 1.82) is 0 Å². The Bertz CT molecular complexity index is 1170. The minimum atomic E-state index is -0.381. The molecule has 2 aromatic carbocycles. The third-order valence-electron chi connectivity index (χ3n) is 6.26. The number of para-hydroxylation sites is 1. The fourth-order valence-electron chi connectivity index (χ4n) is 4.47. The normalized spacial score (nSPS) is 20.3. The van der Waals surface area contributed by atoms with Crippen molar-refractivity contribution < 1.29 is 22.2 Å². The van der Waals surface area contributed by atoms with Gasteiger partial charge in [0.05, 0.1) is 24.3 Å². The van der Waals surface area contributed by atoms with Crippen LogP contribution in [-0.4, -0.2) is 60.1 Å². The Hall–Kier alpha value is -3.39. The second-order valence-corrected chi connectivity index (χ2v) is 8.78. The van der Waals surface area contributed by atoms with Crippen LogP contribution < -0.4 is 10.2 Å². The van der Waals surface area contributed by atoms with Crippen LogP contribution in [0.2, 0.25) is 0 Å². The van der Waals surface area contributed by atoms with Crippen LogP contribution in [0.5, 0.6) is 5.75 Å². The summed E-state index contributed by atoms with van der Waals surface area (Å²) in [5.74, 6) is 1.81. The van der Waals surface area contributed by atoms with E-state index in [0.29, 0.717) is 37.1 Å². The lowest BCUT2D eigenvalue weighted by atomic mass is 10.1. The molecule has 8 heteroatoms. The van der Waals surface area contributed by atoms with Crippen molar-refractivity contribution in [1.82, 2.24) is 15.3 Å². The van der Waals surface area contributed by atoms with Crippen molar-refractivity contribution in [2.75, 3.05) is 37.7 Å². The second-order valence-electron chi connectivity index (χ2n) is 8.78. The highest BCUT2D eigenvalue weighted by molar-refractivity contribution is 5.92. The highest BCUT2D eigenvalue weighted by Gasteiger charge is 2.27. The standard InChI is InChI=1S/C25H28N4O4.2H2/c1-16-6-7-19-21(12-16)27-23(20-4-2-3-5-22(20)30)28-24(19)29-10-8-17(14-29)13-26-25(31)33-18-9-11-32-15-18;;/h2-7,12,17-18,30H,8-11,13-15H2,1H3,(H,26,31);2*1H/t17-,18-;;/m0../s1. The summed E-state index contributed by atoms with van der Waals surface area (Å²) >= 11 is 0. The third-order valence-corrected chi connectivity index (χ3v) is 6.26. The Morgan fingerprint density at radius 2 is 2.15 bits per heavy atom. The molecule has 1 amide bonds. The molecule has 2 N–H and O–H groups in total. The summed E-state index contributed by atoms with van der Waals surface area (Å²) in [6.45, 7) is 5.31. The van der Waals surface area contributed by atoms with Crippen LogP contribution in [0.3, 0.4) is 0 Å². The summed E-state index contributed by atoms with van der Waals surface area (Å²) in [5.41, 5.74) is 2.57. The van der Waals surface area contributed by atoms with Crippen LogP contribution in [0.15, 0.2) is 42.5 Å². The molecule has 0 saturated carbocycles. The first-order valence-electron chi connectivity index (χ1n) is 11.4. The van der Waals surface area contributed by atoms with Crippen molar-refractivity contribution in [3.63, 3.8) is 0 Å². The van der Waals surface area contributed by atoms with E-state index in [1.807, 2.05) is 25.1 Å². The van der Waals surface area contributed by atoms with E-state index in [9.17, 15) is 9.90 Å². The molecule has 2 saturated heterocycles. The van der Waals surface area contributed by atoms with Crippen LogP contribution in [0, 0.1) is 12.8 Å². The average molecular weight is 453 g/mol. The minimum Gasteiger partial charge on any atom is -0.507 e. The van der Waals surface area contributed by atoms with E-state index in [-0.39, 0.29) is 20.8 Å². The zero-order chi connectivity index (χ0) is 22.8. The number of amides is 1. The average Bonchev–Trinajstić information content (AvgIpc) is 3.49. The van der Waals surface area contributed by atoms with Gasteiger partial charge in [-0.15, -0.1) is 0 Å². The summed E-state index contributed by atoms with van der Waals surface area (Å²) in [4.78, 5) is 24.0. The van der Waals surface area contributed by atoms with Gasteiger partial charge in [0.1, 0.15) is 17.7 Å². The van der Waals surface area contributed by atoms with E-state index in [0.717, 1.165) is 48.2 Å². The molecule has 33 heavy (non-hydrogen) atoms. The fraction of sp³-hybridized carbons (Fsp3) is 0.400. The highest BCUT2D eigenvalue weighted by Crippen LogP contribution is 2.33. The molecule has 1 aromatic heterocycles. The molecule has 8 nitrogen and oxygen atoms in total. The number of aryl methyl sites for hydroxylation is 1. The Morgan fingerprint density at radius 1 is 1.27 bits per heavy atom. The third kappa shape index (κ3) is 4.71. The smallest absolute Gasteiger partial charge is 0.407 e. The molecule has 176 valence electrons. The molecule has 0 unspecified atom stereocenters. The van der Waals surface area contributed by atoms with E-state index < -0.39 is 0 Å². The number of carbonyl (C=O) groups is 1. The summed E-state index contributed by atoms with van der Waals surface area (Å²) in [6.07, 6.45) is 1.17. The Kier molecular flexibility index (Phi) is 6.00. The van der Waals surface area contributed by atoms with Gasteiger partial charge in [-0.25, -0.2) is 14.8 Å². The van der Waals surface area contributed by atoms with E-state index in [1.54, 1.807) is 12.1 Å². The number of carbonyl (C=O) groups excluding carboxylic acids is 1. The molecule has 5 rings (SSSR count). The van der Waals surface area contributed by atoms with Crippen LogP contribution in [0.25, 0.3) is 22.3 Å². The van der Waals surface area contributed by atoms with Crippen LogP contribution in [0.4, 0.5) is 10.6 Å². The summed E-state index contributed by atoms with van der Waals surface area (Å²) < 4.78 is 10.6. The molecule has 0 aliphatic carbocycles. The first kappa shape index (κ1) is 21.5. The first-order valence-corrected chi connectivity index (χ1v) is 11.4. The summed E-state index contributed by atoms with van der Waals surface area (Å²) in [7, 11) is 0. The number of ether oxygens (including phenoxy) is 2. The number of hydrogen-bond donors (Lipinski definition) is 2. The second kappa shape index (κ2) is 9.23. The maximum atomic E-state index is 12.1. The van der Waals surface area contributed by atoms with E-state index >= 15 is 0 Å². The zero-order valence-corrected chi connectivity index (χ0v) is 18.7. The van der Waals surface area contributed by atoms with Crippen molar-refractivity contribution >= 4 is 22.8 Å². The van der Waals surface area contributed by atoms with Crippen molar-refractivity contribution in [3.05, 3.63) is 48.0 Å². The summed E-state index contributed by atoms with van der Waals surface area (Å²) in [5, 5.41) is 14.2. The molecular formula is C25H32N4O4. The van der Waals surface area contributed by atoms with Gasteiger partial charge in [0.15, 0.2) is 5.82 Å². The number of anilines is 1. The molecule has 0 bridgehead atoms. The van der Waals surface area contributed by atoms with E-state index in [1.165, 1.54) is 0 Å². The van der Waals surface area contributed by atoms with Gasteiger partial charge in [0.25, 0.3) is 0 Å². The van der Waals surface area contributed by atoms with Gasteiger partial charge in [-0.2, -0.15) is 0 Å². The first-order chi connectivity index (χ1) is 16.1. The molecule has 3 heterocycles. The van der Waals surface area contributed by atoms with Crippen LogP contribution >= 0.6 is 0 Å². The molecular weight excluding hydrogens is 420 g/mol. The number of hydrogen-bond acceptors (Lipinski definition) is 7. The number of benzene rings is 2. The van der Waals surface area contributed by atoms with Gasteiger partial charge in [0.2, 0.25) is 0 Å². The van der Waals surface area contributed by atoms with Gasteiger partial charge in [-0.1, -0.05) is 18.2 Å². The number of aromatic hydroxyl groups is 1. The van der Waals surface area contributed by atoms with Crippen molar-refractivity contribution in [2.24, 2.45) is 5.92 Å². The van der Waals surface area contributed by atoms with Crippen molar-refractivity contribution in [3.8, 4) is 17.1 Å². The van der Waals surface area contributed by atoms with Gasteiger partial charge in [-0.05, 0) is 49.1 Å². The number of rotatable bonds is 5. The molecule has 2 aliphatic heterocycles. The lowest BCUT2D eigenvalue weighted by Gasteiger charge is -2.21. The number of aromatic nitrogens is 2. The topological polar surface area (TPSA) is 96.8 Å². The maximum absolute atomic E-state index is 12.1. The van der Waals surface area contributed by atoms with Gasteiger partial charge in [-0.3, -0.25) is 0 Å². The summed E-state index contributed by atoms with van der Waals surface area (Å²) in [6, 6.07) is 13.3. The SMILES string of the molecule is Cc1ccc2c(N3CC[C@@H](CNC(=O)O[C@H]4CCOC4)C3)nc(-c3ccccc3O)nc2c1.[HH].[HH]. The number of nitrogens with one attached hydrogen (secondary N) is 1. The Balaban J connectivity index is 0.00000171. The molecule has 2 aliphatic rings. The molecule has 0 radical (unpaired) electrons. The number of phenolic OH excluding ortho intramolecular Hbond substituents is 1. The number of alkyl carbamates (subject to hydrolysis) is 1. The predicted molar refractivity (Wildman–Crippen MR) is 130 cm³/mol. The molecule has 3 aromatic rings. The lowest BCUT2D eigenvalue weighted by molar-refractivity contribution is 0.0825. The van der Waals surface area contributed by atoms with Gasteiger partial charge in [0, 0.05) is 34.3 Å². The largest absolute Gasteiger partial charge is 0.507 e. The molecule has 2 atom stereocenters. The quantitative estimate of drug-likeness (QED) is 0.600. The number of fused-ring (bicyclic) bond motifs is 1. The molecule has 2 fully saturated rings. The molecule has 0 spiro atoms. The predicted octanol–water partition coefficient (Wildman–Crippen LogP) is 4.14. The number of nitrogens with zero attached hydrogens (tertiary/aromatic N) is 3. The van der Waals surface area contributed by atoms with Crippen molar-refractivity contribution in [2.45, 2.75) is 25.9 Å². The minimum absolute atomic E-state index is 0. The fourth-order valence-corrected chi connectivity index (χ4v) is 4.47. The van der Waals surface area contributed by atoms with E-state index in [2.05, 4.69) is 22.3 Å². The number of phenols is 1. The Morgan fingerprint density at radius 3 is 2.97 bits per heavy atom. The monoisotopic (exact) mass is 452 g/mol. The maximum Gasteiger partial charge on any atom is 0.407 e. The highest BCUT2D eigenvalue weighted by atomic mass is 16.6. The van der Waals surface area contributed by atoms with E-state index in [4.69, 9.17) is 19.4 Å². The van der Waals surface area contributed by atoms with Gasteiger partial charge >= 0.3 is 6.09 Å².